The summed E-state index contributed by atoms with van der Waals surface area (Å²) >= 11 is 1.88. The fourth-order valence-electron chi connectivity index (χ4n) is 3.38. The van der Waals surface area contributed by atoms with Gasteiger partial charge in [0.05, 0.1) is 0 Å². The summed E-state index contributed by atoms with van der Waals surface area (Å²) in [7, 11) is 0. The molecule has 0 spiro atoms. The summed E-state index contributed by atoms with van der Waals surface area (Å²) in [5.41, 5.74) is 1.46. The lowest BCUT2D eigenvalue weighted by Gasteiger charge is -2.20. The van der Waals surface area contributed by atoms with Gasteiger partial charge in [0.1, 0.15) is 5.82 Å². The van der Waals surface area contributed by atoms with Crippen LogP contribution in [0.2, 0.25) is 0 Å². The zero-order valence-electron chi connectivity index (χ0n) is 12.1. The first kappa shape index (κ1) is 13.3. The number of aromatic amines is 1. The predicted octanol–water partition coefficient (Wildman–Crippen LogP) is 2.13. The minimum absolute atomic E-state index is 0.409. The molecule has 1 saturated heterocycles. The largest absolute Gasteiger partial charge is 0.338 e. The second kappa shape index (κ2) is 5.77. The Morgan fingerprint density at radius 3 is 3.24 bits per heavy atom. The molecule has 4 rings (SSSR count). The van der Waals surface area contributed by atoms with Crippen molar-refractivity contribution in [3.63, 3.8) is 0 Å². The molecule has 2 aromatic rings. The van der Waals surface area contributed by atoms with Crippen LogP contribution in [0.5, 0.6) is 0 Å². The molecule has 6 heteroatoms. The summed E-state index contributed by atoms with van der Waals surface area (Å²) in [6.45, 7) is 4.14. The van der Waals surface area contributed by atoms with Crippen molar-refractivity contribution in [2.75, 3.05) is 31.1 Å². The lowest BCUT2D eigenvalue weighted by atomic mass is 9.87. The highest BCUT2D eigenvalue weighted by molar-refractivity contribution is 7.10. The molecule has 1 atom stereocenters. The number of thiophene rings is 1. The van der Waals surface area contributed by atoms with Crippen molar-refractivity contribution < 1.29 is 0 Å². The van der Waals surface area contributed by atoms with Crippen molar-refractivity contribution >= 4 is 17.3 Å². The monoisotopic (exact) mass is 303 g/mol. The summed E-state index contributed by atoms with van der Waals surface area (Å²) < 4.78 is 0. The first-order chi connectivity index (χ1) is 10.4. The van der Waals surface area contributed by atoms with Gasteiger partial charge in [0, 0.05) is 30.4 Å². The third-order valence-electron chi connectivity index (χ3n) is 4.50. The van der Waals surface area contributed by atoms with Crippen LogP contribution in [-0.4, -0.2) is 41.4 Å². The molecule has 2 aliphatic rings. The van der Waals surface area contributed by atoms with Crippen LogP contribution in [0, 0.1) is 0 Å². The molecule has 2 aromatic heterocycles. The van der Waals surface area contributed by atoms with E-state index < -0.39 is 0 Å². The molecule has 0 saturated carbocycles. The van der Waals surface area contributed by atoms with Gasteiger partial charge in [-0.1, -0.05) is 0 Å². The highest BCUT2D eigenvalue weighted by Crippen LogP contribution is 2.38. The predicted molar refractivity (Wildman–Crippen MR) is 85.2 cm³/mol. The van der Waals surface area contributed by atoms with Crippen LogP contribution >= 0.6 is 11.3 Å². The van der Waals surface area contributed by atoms with Crippen molar-refractivity contribution in [1.29, 1.82) is 0 Å². The molecule has 1 aliphatic heterocycles. The van der Waals surface area contributed by atoms with Crippen molar-refractivity contribution in [3.05, 3.63) is 27.7 Å². The first-order valence-corrected chi connectivity index (χ1v) is 8.74. The molecule has 0 aromatic carbocycles. The number of rotatable bonds is 2. The van der Waals surface area contributed by atoms with Gasteiger partial charge >= 0.3 is 0 Å². The topological polar surface area (TPSA) is 56.8 Å². The molecular formula is C15H21N5S. The number of aryl methyl sites for hydroxylation is 1. The molecule has 5 nitrogen and oxygen atoms in total. The third-order valence-corrected chi connectivity index (χ3v) is 5.49. The maximum atomic E-state index is 4.81. The van der Waals surface area contributed by atoms with Crippen LogP contribution in [-0.2, 0) is 6.42 Å². The van der Waals surface area contributed by atoms with Gasteiger partial charge < -0.3 is 10.2 Å². The van der Waals surface area contributed by atoms with Gasteiger partial charge in [-0.2, -0.15) is 4.98 Å². The quantitative estimate of drug-likeness (QED) is 0.892. The summed E-state index contributed by atoms with van der Waals surface area (Å²) in [5.74, 6) is 2.32. The second-order valence-corrected chi connectivity index (χ2v) is 6.86. The van der Waals surface area contributed by atoms with Crippen molar-refractivity contribution in [1.82, 2.24) is 20.5 Å². The molecule has 0 radical (unpaired) electrons. The van der Waals surface area contributed by atoms with Crippen molar-refractivity contribution in [3.8, 4) is 0 Å². The smallest absolute Gasteiger partial charge is 0.244 e. The Hall–Kier alpha value is -1.40. The zero-order valence-corrected chi connectivity index (χ0v) is 13.0. The summed E-state index contributed by atoms with van der Waals surface area (Å²) in [5, 5.41) is 13.3. The fourth-order valence-corrected chi connectivity index (χ4v) is 4.37. The Morgan fingerprint density at radius 2 is 2.24 bits per heavy atom. The van der Waals surface area contributed by atoms with Crippen molar-refractivity contribution in [2.24, 2.45) is 0 Å². The second-order valence-electron chi connectivity index (χ2n) is 5.86. The van der Waals surface area contributed by atoms with Crippen LogP contribution in [0.25, 0.3) is 0 Å². The van der Waals surface area contributed by atoms with Gasteiger partial charge in [0.2, 0.25) is 5.95 Å². The number of nitrogens with one attached hydrogen (secondary N) is 2. The number of H-pyrrole nitrogens is 1. The van der Waals surface area contributed by atoms with E-state index in [1.54, 1.807) is 0 Å². The molecule has 1 unspecified atom stereocenters. The minimum Gasteiger partial charge on any atom is -0.338 e. The highest BCUT2D eigenvalue weighted by Gasteiger charge is 2.26. The molecule has 112 valence electrons. The van der Waals surface area contributed by atoms with E-state index >= 15 is 0 Å². The minimum atomic E-state index is 0.409. The molecule has 1 aliphatic carbocycles. The number of fused-ring (bicyclic) bond motifs is 1. The average Bonchev–Trinajstić information content (AvgIpc) is 3.10. The van der Waals surface area contributed by atoms with E-state index in [1.807, 2.05) is 11.3 Å². The van der Waals surface area contributed by atoms with E-state index in [4.69, 9.17) is 4.98 Å². The normalized spacial score (nSPS) is 22.9. The van der Waals surface area contributed by atoms with Gasteiger partial charge in [0.15, 0.2) is 0 Å². The SMILES string of the molecule is c1cc2c(s1)CCCC2c1nc(N2CCCNCC2)n[nH]1. The van der Waals surface area contributed by atoms with Crippen molar-refractivity contribution in [2.45, 2.75) is 31.6 Å². The Labute approximate surface area is 128 Å². The van der Waals surface area contributed by atoms with Gasteiger partial charge in [-0.3, -0.25) is 5.10 Å². The number of anilines is 1. The maximum Gasteiger partial charge on any atom is 0.244 e. The maximum absolute atomic E-state index is 4.81. The Bertz CT molecular complexity index is 597. The van der Waals surface area contributed by atoms with Crippen LogP contribution in [0.4, 0.5) is 5.95 Å². The van der Waals surface area contributed by atoms with Gasteiger partial charge in [-0.05, 0) is 49.2 Å². The van der Waals surface area contributed by atoms with E-state index in [2.05, 4.69) is 31.9 Å². The van der Waals surface area contributed by atoms with Crippen LogP contribution < -0.4 is 10.2 Å². The molecular weight excluding hydrogens is 282 g/mol. The Kier molecular flexibility index (Phi) is 3.65. The Balaban J connectivity index is 1.58. The molecule has 0 bridgehead atoms. The van der Waals surface area contributed by atoms with Crippen LogP contribution in [0.15, 0.2) is 11.4 Å². The van der Waals surface area contributed by atoms with E-state index in [1.165, 1.54) is 29.7 Å². The fraction of sp³-hybridized carbons (Fsp3) is 0.600. The highest BCUT2D eigenvalue weighted by atomic mass is 32.1. The molecule has 21 heavy (non-hydrogen) atoms. The van der Waals surface area contributed by atoms with E-state index in [-0.39, 0.29) is 0 Å². The first-order valence-electron chi connectivity index (χ1n) is 7.86. The zero-order chi connectivity index (χ0) is 14.1. The van der Waals surface area contributed by atoms with Gasteiger partial charge in [0.25, 0.3) is 0 Å². The van der Waals surface area contributed by atoms with E-state index in [0.29, 0.717) is 5.92 Å². The average molecular weight is 303 g/mol. The summed E-state index contributed by atoms with van der Waals surface area (Å²) in [4.78, 5) is 8.63. The molecule has 2 N–H and O–H groups in total. The van der Waals surface area contributed by atoms with E-state index in [9.17, 15) is 0 Å². The van der Waals surface area contributed by atoms with Crippen LogP contribution in [0.1, 0.15) is 41.4 Å². The molecule has 3 heterocycles. The standard InChI is InChI=1S/C15H21N5S/c1-3-12(11-5-10-21-13(11)4-1)14-17-15(19-18-14)20-8-2-6-16-7-9-20/h5,10,12,16H,1-4,6-9H2,(H,17,18,19). The number of hydrogen-bond donors (Lipinski definition) is 2. The lowest BCUT2D eigenvalue weighted by Crippen LogP contribution is -2.28. The summed E-state index contributed by atoms with van der Waals surface area (Å²) in [6, 6.07) is 2.27. The number of hydrogen-bond acceptors (Lipinski definition) is 5. The van der Waals surface area contributed by atoms with Gasteiger partial charge in [-0.25, -0.2) is 0 Å². The number of nitrogens with zero attached hydrogens (tertiary/aromatic N) is 3. The lowest BCUT2D eigenvalue weighted by molar-refractivity contribution is 0.600. The number of aromatic nitrogens is 3. The summed E-state index contributed by atoms with van der Waals surface area (Å²) in [6.07, 6.45) is 4.81. The Morgan fingerprint density at radius 1 is 1.24 bits per heavy atom. The van der Waals surface area contributed by atoms with Gasteiger partial charge in [-0.15, -0.1) is 16.4 Å². The van der Waals surface area contributed by atoms with Crippen LogP contribution in [0.3, 0.4) is 0 Å². The van der Waals surface area contributed by atoms with E-state index in [0.717, 1.165) is 44.4 Å². The molecule has 0 amide bonds. The molecule has 1 fully saturated rings. The third kappa shape index (κ3) is 2.58.